The van der Waals surface area contributed by atoms with Crippen molar-refractivity contribution in [2.75, 3.05) is 57.3 Å². The standard InChI is InChI=1S/C21H28ClN5O3S/c1-25(8-9-30-13-14-4-5-14)21(28)26(2)20-24-16-6-7-27(12-18(16)31-20)15-10-17(29-3)19(22)23-11-15/h10-11,14H,4-9,12-13H2,1-3H3. The van der Waals surface area contributed by atoms with Crippen molar-refractivity contribution in [3.63, 3.8) is 0 Å². The number of pyridine rings is 1. The Labute approximate surface area is 191 Å². The summed E-state index contributed by atoms with van der Waals surface area (Å²) < 4.78 is 10.9. The van der Waals surface area contributed by atoms with Crippen molar-refractivity contribution in [1.82, 2.24) is 14.9 Å². The molecule has 0 bridgehead atoms. The molecule has 0 unspecified atom stereocenters. The number of carbonyl (C=O) groups is 1. The van der Waals surface area contributed by atoms with Crippen LogP contribution in [-0.2, 0) is 17.7 Å². The molecule has 1 saturated carbocycles. The van der Waals surface area contributed by atoms with Crippen LogP contribution in [0.3, 0.4) is 0 Å². The third-order valence-corrected chi connectivity index (χ3v) is 7.06. The first-order valence-corrected chi connectivity index (χ1v) is 11.6. The summed E-state index contributed by atoms with van der Waals surface area (Å²) in [6.07, 6.45) is 5.11. The van der Waals surface area contributed by atoms with E-state index in [1.54, 1.807) is 48.5 Å². The fourth-order valence-electron chi connectivity index (χ4n) is 3.45. The van der Waals surface area contributed by atoms with Crippen LogP contribution in [0.1, 0.15) is 23.4 Å². The third kappa shape index (κ3) is 5.22. The van der Waals surface area contributed by atoms with Crippen LogP contribution in [0.5, 0.6) is 5.75 Å². The number of rotatable bonds is 8. The highest BCUT2D eigenvalue weighted by molar-refractivity contribution is 7.16. The van der Waals surface area contributed by atoms with Gasteiger partial charge in [0.15, 0.2) is 16.0 Å². The van der Waals surface area contributed by atoms with Gasteiger partial charge >= 0.3 is 6.03 Å². The van der Waals surface area contributed by atoms with E-state index in [1.807, 2.05) is 6.07 Å². The van der Waals surface area contributed by atoms with Crippen molar-refractivity contribution in [1.29, 1.82) is 0 Å². The molecule has 0 radical (unpaired) electrons. The number of nitrogens with zero attached hydrogens (tertiary/aromatic N) is 5. The third-order valence-electron chi connectivity index (χ3n) is 5.62. The number of carbonyl (C=O) groups excluding carboxylic acids is 1. The van der Waals surface area contributed by atoms with Crippen molar-refractivity contribution >= 4 is 39.8 Å². The van der Waals surface area contributed by atoms with Crippen molar-refractivity contribution in [3.8, 4) is 5.75 Å². The molecule has 168 valence electrons. The predicted molar refractivity (Wildman–Crippen MR) is 123 cm³/mol. The Kier molecular flexibility index (Phi) is 6.83. The van der Waals surface area contributed by atoms with E-state index in [0.717, 1.165) is 46.9 Å². The van der Waals surface area contributed by atoms with E-state index in [4.69, 9.17) is 26.1 Å². The first kappa shape index (κ1) is 22.1. The van der Waals surface area contributed by atoms with E-state index in [0.29, 0.717) is 30.6 Å². The average molecular weight is 466 g/mol. The Balaban J connectivity index is 1.37. The fraction of sp³-hybridized carbons (Fsp3) is 0.571. The molecular weight excluding hydrogens is 438 g/mol. The van der Waals surface area contributed by atoms with Crippen molar-refractivity contribution in [3.05, 3.63) is 28.0 Å². The number of likely N-dealkylation sites (N-methyl/N-ethyl adjacent to an activating group) is 1. The second-order valence-electron chi connectivity index (χ2n) is 8.01. The van der Waals surface area contributed by atoms with Gasteiger partial charge in [0.2, 0.25) is 0 Å². The van der Waals surface area contributed by atoms with Crippen molar-refractivity contribution in [2.24, 2.45) is 5.92 Å². The normalized spacial score (nSPS) is 15.5. The Hall–Kier alpha value is -2.10. The van der Waals surface area contributed by atoms with E-state index in [1.165, 1.54) is 12.8 Å². The van der Waals surface area contributed by atoms with Crippen LogP contribution in [0.25, 0.3) is 0 Å². The van der Waals surface area contributed by atoms with E-state index >= 15 is 0 Å². The SMILES string of the molecule is COc1cc(N2CCc3nc(N(C)C(=O)N(C)CCOCC4CC4)sc3C2)cnc1Cl. The summed E-state index contributed by atoms with van der Waals surface area (Å²) in [6, 6.07) is 1.82. The topological polar surface area (TPSA) is 71.0 Å². The highest BCUT2D eigenvalue weighted by Crippen LogP contribution is 2.34. The highest BCUT2D eigenvalue weighted by Gasteiger charge is 2.26. The number of ether oxygens (including phenoxy) is 2. The number of halogens is 1. The molecule has 2 aliphatic rings. The van der Waals surface area contributed by atoms with E-state index < -0.39 is 0 Å². The molecule has 4 rings (SSSR count). The van der Waals surface area contributed by atoms with Crippen LogP contribution in [-0.4, -0.2) is 68.4 Å². The maximum absolute atomic E-state index is 12.8. The monoisotopic (exact) mass is 465 g/mol. The molecule has 0 saturated heterocycles. The molecule has 0 atom stereocenters. The lowest BCUT2D eigenvalue weighted by atomic mass is 10.1. The lowest BCUT2D eigenvalue weighted by Gasteiger charge is -2.28. The summed E-state index contributed by atoms with van der Waals surface area (Å²) in [6.45, 7) is 3.47. The Morgan fingerprint density at radius 1 is 1.39 bits per heavy atom. The Morgan fingerprint density at radius 2 is 2.19 bits per heavy atom. The minimum absolute atomic E-state index is 0.0791. The summed E-state index contributed by atoms with van der Waals surface area (Å²) in [5, 5.41) is 1.07. The predicted octanol–water partition coefficient (Wildman–Crippen LogP) is 3.68. The minimum atomic E-state index is -0.0791. The molecule has 31 heavy (non-hydrogen) atoms. The van der Waals surface area contributed by atoms with Gasteiger partial charge in [0.25, 0.3) is 0 Å². The number of fused-ring (bicyclic) bond motifs is 1. The second kappa shape index (κ2) is 9.58. The molecule has 10 heteroatoms. The maximum Gasteiger partial charge on any atom is 0.325 e. The molecule has 2 amide bonds. The van der Waals surface area contributed by atoms with Gasteiger partial charge in [-0.05, 0) is 18.8 Å². The molecular formula is C21H28ClN5O3S. The summed E-state index contributed by atoms with van der Waals surface area (Å²) >= 11 is 7.61. The first-order valence-electron chi connectivity index (χ1n) is 10.5. The number of hydrogen-bond donors (Lipinski definition) is 0. The zero-order valence-electron chi connectivity index (χ0n) is 18.1. The molecule has 0 spiro atoms. The fourth-order valence-corrected chi connectivity index (χ4v) is 4.71. The van der Waals surface area contributed by atoms with Crippen LogP contribution in [0.4, 0.5) is 15.6 Å². The lowest BCUT2D eigenvalue weighted by Crippen LogP contribution is -2.40. The molecule has 8 nitrogen and oxygen atoms in total. The minimum Gasteiger partial charge on any atom is -0.493 e. The molecule has 1 aliphatic carbocycles. The Morgan fingerprint density at radius 3 is 2.94 bits per heavy atom. The number of hydrogen-bond acceptors (Lipinski definition) is 7. The van der Waals surface area contributed by atoms with Gasteiger partial charge in [0, 0.05) is 51.2 Å². The molecule has 0 aromatic carbocycles. The van der Waals surface area contributed by atoms with Crippen LogP contribution < -0.4 is 14.5 Å². The molecule has 0 N–H and O–H groups in total. The van der Waals surface area contributed by atoms with Gasteiger partial charge in [-0.3, -0.25) is 4.90 Å². The molecule has 1 aliphatic heterocycles. The number of thiazole rings is 1. The summed E-state index contributed by atoms with van der Waals surface area (Å²) in [4.78, 5) is 28.5. The van der Waals surface area contributed by atoms with Crippen molar-refractivity contribution < 1.29 is 14.3 Å². The van der Waals surface area contributed by atoms with Crippen LogP contribution >= 0.6 is 22.9 Å². The van der Waals surface area contributed by atoms with E-state index in [9.17, 15) is 4.79 Å². The van der Waals surface area contributed by atoms with Gasteiger partial charge in [-0.25, -0.2) is 14.8 Å². The zero-order valence-corrected chi connectivity index (χ0v) is 19.7. The Bertz CT molecular complexity index is 936. The largest absolute Gasteiger partial charge is 0.493 e. The number of aromatic nitrogens is 2. The van der Waals surface area contributed by atoms with E-state index in [2.05, 4.69) is 9.88 Å². The van der Waals surface area contributed by atoms with Gasteiger partial charge in [-0.15, -0.1) is 0 Å². The number of amides is 2. The van der Waals surface area contributed by atoms with Crippen LogP contribution in [0.2, 0.25) is 5.15 Å². The van der Waals surface area contributed by atoms with Crippen LogP contribution in [0.15, 0.2) is 12.3 Å². The van der Waals surface area contributed by atoms with Gasteiger partial charge in [-0.1, -0.05) is 22.9 Å². The molecule has 2 aromatic rings. The average Bonchev–Trinajstić information content (AvgIpc) is 3.51. The van der Waals surface area contributed by atoms with Gasteiger partial charge < -0.3 is 19.3 Å². The van der Waals surface area contributed by atoms with Crippen molar-refractivity contribution in [2.45, 2.75) is 25.8 Å². The molecule has 3 heterocycles. The number of anilines is 2. The van der Waals surface area contributed by atoms with Gasteiger partial charge in [0.1, 0.15) is 0 Å². The summed E-state index contributed by atoms with van der Waals surface area (Å²) in [7, 11) is 5.16. The summed E-state index contributed by atoms with van der Waals surface area (Å²) in [5.74, 6) is 1.29. The highest BCUT2D eigenvalue weighted by atomic mass is 35.5. The number of methoxy groups -OCH3 is 1. The smallest absolute Gasteiger partial charge is 0.325 e. The molecule has 1 fully saturated rings. The maximum atomic E-state index is 12.8. The van der Waals surface area contributed by atoms with E-state index in [-0.39, 0.29) is 6.03 Å². The van der Waals surface area contributed by atoms with Gasteiger partial charge in [0.05, 0.1) is 37.8 Å². The second-order valence-corrected chi connectivity index (χ2v) is 9.43. The number of urea groups is 1. The molecule has 2 aromatic heterocycles. The lowest BCUT2D eigenvalue weighted by molar-refractivity contribution is 0.109. The van der Waals surface area contributed by atoms with Crippen LogP contribution in [0, 0.1) is 5.92 Å². The summed E-state index contributed by atoms with van der Waals surface area (Å²) in [5.41, 5.74) is 2.01. The zero-order chi connectivity index (χ0) is 22.0. The van der Waals surface area contributed by atoms with Gasteiger partial charge in [-0.2, -0.15) is 0 Å². The first-order chi connectivity index (χ1) is 15.0. The quantitative estimate of drug-likeness (QED) is 0.437.